The largest absolute Gasteiger partial charge is 0.360 e. The lowest BCUT2D eigenvalue weighted by Crippen LogP contribution is -2.92. The lowest BCUT2D eigenvalue weighted by Gasteiger charge is -2.58. The Morgan fingerprint density at radius 1 is 0.211 bits per heavy atom. The highest BCUT2D eigenvalue weighted by Crippen LogP contribution is 2.52. The van der Waals surface area contributed by atoms with Gasteiger partial charge in [-0.05, 0) is 0 Å². The molecule has 0 rings (SSSR count). The summed E-state index contributed by atoms with van der Waals surface area (Å²) >= 11 is 2.57. The predicted octanol–water partition coefficient (Wildman–Crippen LogP) is -16.0. The average Bonchev–Trinajstić information content (AvgIpc) is 2.63. The van der Waals surface area contributed by atoms with Gasteiger partial charge in [0, 0.05) is 0 Å². The minimum atomic E-state index is -6.37. The van der Waals surface area contributed by atoms with E-state index in [0.717, 1.165) is 0 Å². The van der Waals surface area contributed by atoms with E-state index < -0.39 is 69.0 Å². The topological polar surface area (TPSA) is 506 Å². The molecule has 25 nitrogen and oxygen atoms in total. The number of rotatable bonds is 11. The summed E-state index contributed by atoms with van der Waals surface area (Å²) in [6.45, 7) is 0. The molecule has 0 aliphatic carbocycles. The van der Waals surface area contributed by atoms with Gasteiger partial charge in [0.2, 0.25) is 4.75 Å². The first-order valence-electron chi connectivity index (χ1n) is 8.56. The van der Waals surface area contributed by atoms with E-state index in [4.69, 9.17) is 46.0 Å². The monoisotopic (exact) mass is 602 g/mol. The van der Waals surface area contributed by atoms with Crippen LogP contribution in [0.5, 0.6) is 0 Å². The van der Waals surface area contributed by atoms with E-state index in [1.165, 1.54) is 0 Å². The summed E-state index contributed by atoms with van der Waals surface area (Å²) in [4.78, 5) is 0. The second kappa shape index (κ2) is 8.92. The van der Waals surface area contributed by atoms with Crippen molar-refractivity contribution in [1.29, 1.82) is 0 Å². The molecule has 0 bridgehead atoms. The molecule has 26 heteroatoms. The Morgan fingerprint density at radius 2 is 0.368 bits per heavy atom. The number of hydrogen-bond acceptors (Lipinski definition) is 26. The van der Waals surface area contributed by atoms with E-state index in [1.54, 1.807) is 0 Å². The molecule has 0 radical (unpaired) electrons. The van der Waals surface area contributed by atoms with Gasteiger partial charge in [-0.3, -0.25) is 0 Å². The molecule has 38 heavy (non-hydrogen) atoms. The predicted molar refractivity (Wildman–Crippen MR) is 97.2 cm³/mol. The van der Waals surface area contributed by atoms with Gasteiger partial charge < -0.3 is 128 Å². The molecule has 0 aromatic rings. The van der Waals surface area contributed by atoms with E-state index >= 15 is 0 Å². The van der Waals surface area contributed by atoms with Crippen molar-refractivity contribution in [1.82, 2.24) is 0 Å². The van der Waals surface area contributed by atoms with Crippen LogP contribution in [0, 0.1) is 0 Å². The van der Waals surface area contributed by atoms with Gasteiger partial charge in [0.25, 0.3) is 40.5 Å². The van der Waals surface area contributed by atoms with Crippen LogP contribution in [0.4, 0.5) is 0 Å². The van der Waals surface area contributed by atoms with Gasteiger partial charge in [-0.2, -0.15) is 12.6 Å². The third-order valence-electron chi connectivity index (χ3n) is 5.35. The second-order valence-corrected chi connectivity index (χ2v) is 8.67. The molecular formula is C12H26O25S. The Bertz CT molecular complexity index is 852. The standard InChI is InChI=1S/C12H26O25S/c13-2(14,1(38,10(29,30)31)11(32,33)34)3(15,16)4(17,18)5(19,20)6(21,22)7(23,24)8(25,26)9(27,28)12(35,36)37/h13-38H. The van der Waals surface area contributed by atoms with Crippen LogP contribution in [0.3, 0.4) is 0 Å². The van der Waals surface area contributed by atoms with Crippen molar-refractivity contribution in [3.63, 3.8) is 0 Å². The van der Waals surface area contributed by atoms with Gasteiger partial charge in [-0.1, -0.05) is 0 Å². The quantitative estimate of drug-likeness (QED) is 0.0770. The Labute approximate surface area is 210 Å². The van der Waals surface area contributed by atoms with Crippen molar-refractivity contribution in [3.8, 4) is 0 Å². The highest BCUT2D eigenvalue weighted by molar-refractivity contribution is 7.82. The summed E-state index contributed by atoms with van der Waals surface area (Å²) in [6.07, 6.45) is 0. The van der Waals surface area contributed by atoms with Gasteiger partial charge in [-0.15, -0.1) is 0 Å². The van der Waals surface area contributed by atoms with Crippen molar-refractivity contribution in [2.45, 2.75) is 69.0 Å². The summed E-state index contributed by atoms with van der Waals surface area (Å²) in [5, 5.41) is 236. The van der Waals surface area contributed by atoms with Crippen LogP contribution in [-0.2, 0) is 0 Å². The van der Waals surface area contributed by atoms with Crippen molar-refractivity contribution >= 4 is 12.6 Å². The number of hydrogen-bond donors (Lipinski definition) is 26. The molecule has 230 valence electrons. The fraction of sp³-hybridized carbons (Fsp3) is 1.00. The maximum absolute atomic E-state index is 9.91. The average molecular weight is 602 g/mol. The third-order valence-corrected chi connectivity index (χ3v) is 6.26. The normalized spacial score (nSPS) is 17.2. The van der Waals surface area contributed by atoms with Crippen molar-refractivity contribution < 1.29 is 128 Å². The molecule has 0 unspecified atom stereocenters. The van der Waals surface area contributed by atoms with Crippen molar-refractivity contribution in [3.05, 3.63) is 0 Å². The Hall–Kier alpha value is -0.650. The molecule has 0 aromatic heterocycles. The van der Waals surface area contributed by atoms with Crippen LogP contribution < -0.4 is 0 Å². The van der Waals surface area contributed by atoms with Crippen LogP contribution in [0.2, 0.25) is 0 Å². The van der Waals surface area contributed by atoms with Crippen LogP contribution in [0.15, 0.2) is 0 Å². The maximum Gasteiger partial charge on any atom is 0.338 e. The number of thiol groups is 1. The van der Waals surface area contributed by atoms with E-state index in [-0.39, 0.29) is 0 Å². The summed E-state index contributed by atoms with van der Waals surface area (Å²) in [5.74, 6) is -65.4. The fourth-order valence-electron chi connectivity index (χ4n) is 2.64. The van der Waals surface area contributed by atoms with E-state index in [1.807, 2.05) is 0 Å². The molecule has 0 saturated heterocycles. The first-order valence-corrected chi connectivity index (χ1v) is 9.01. The zero-order valence-corrected chi connectivity index (χ0v) is 18.5. The van der Waals surface area contributed by atoms with Crippen molar-refractivity contribution in [2.75, 3.05) is 0 Å². The van der Waals surface area contributed by atoms with E-state index in [2.05, 4.69) is 12.6 Å². The molecule has 0 fully saturated rings. The zero-order chi connectivity index (χ0) is 32.0. The molecule has 25 N–H and O–H groups in total. The molecule has 0 aliphatic heterocycles. The molecule has 0 heterocycles. The van der Waals surface area contributed by atoms with Gasteiger partial charge >= 0.3 is 23.7 Å². The third kappa shape index (κ3) is 4.31. The smallest absolute Gasteiger partial charge is 0.338 e. The molecule has 0 amide bonds. The molecule has 0 spiro atoms. The first-order chi connectivity index (χ1) is 15.8. The first kappa shape index (κ1) is 37.4. The second-order valence-electron chi connectivity index (χ2n) is 7.99. The lowest BCUT2D eigenvalue weighted by atomic mass is 9.74. The Morgan fingerprint density at radius 3 is 0.526 bits per heavy atom. The van der Waals surface area contributed by atoms with Gasteiger partial charge in [0.1, 0.15) is 0 Å². The van der Waals surface area contributed by atoms with Crippen LogP contribution in [0.25, 0.3) is 0 Å². The van der Waals surface area contributed by atoms with E-state index in [9.17, 15) is 81.7 Å². The SMILES string of the molecule is OC(O)(O)C(O)(O)C(O)(O)C(O)(O)C(O)(O)C(O)(O)C(O)(O)C(O)(O)C(O)(O)C(S)(C(O)(O)O)C(O)(O)O. The summed E-state index contributed by atoms with van der Waals surface area (Å²) < 4.78 is -5.38. The Balaban J connectivity index is 7.44. The van der Waals surface area contributed by atoms with Crippen LogP contribution in [-0.4, -0.2) is 197 Å². The molecule has 0 aromatic carbocycles. The Kier molecular flexibility index (Phi) is 8.77. The molecular weight excluding hydrogens is 576 g/mol. The molecule has 0 atom stereocenters. The van der Waals surface area contributed by atoms with Crippen molar-refractivity contribution in [2.24, 2.45) is 0 Å². The lowest BCUT2D eigenvalue weighted by molar-refractivity contribution is -0.608. The minimum absolute atomic E-state index is 2.57. The summed E-state index contributed by atoms with van der Waals surface area (Å²) in [6, 6.07) is 0. The number of aliphatic hydroxyl groups is 25. The van der Waals surface area contributed by atoms with E-state index in [0.29, 0.717) is 0 Å². The van der Waals surface area contributed by atoms with Gasteiger partial charge in [-0.25, -0.2) is 0 Å². The maximum atomic E-state index is 9.91. The molecule has 0 saturated carbocycles. The van der Waals surface area contributed by atoms with Crippen LogP contribution >= 0.6 is 12.6 Å². The summed E-state index contributed by atoms with van der Waals surface area (Å²) in [5.41, 5.74) is 0. The zero-order valence-electron chi connectivity index (χ0n) is 17.6. The highest BCUT2D eigenvalue weighted by atomic mass is 32.1. The summed E-state index contributed by atoms with van der Waals surface area (Å²) in [7, 11) is 0. The van der Waals surface area contributed by atoms with Crippen LogP contribution in [0.1, 0.15) is 0 Å². The minimum Gasteiger partial charge on any atom is -0.360 e. The van der Waals surface area contributed by atoms with Gasteiger partial charge in [0.05, 0.1) is 0 Å². The fourth-order valence-corrected chi connectivity index (χ4v) is 2.79. The molecule has 0 aliphatic rings. The van der Waals surface area contributed by atoms with Gasteiger partial charge in [0.15, 0.2) is 0 Å². The highest BCUT2D eigenvalue weighted by Gasteiger charge is 2.89.